The second-order valence-electron chi connectivity index (χ2n) is 5.56. The Morgan fingerprint density at radius 1 is 1.39 bits per heavy atom. The monoisotopic (exact) mass is 336 g/mol. The summed E-state index contributed by atoms with van der Waals surface area (Å²) in [4.78, 5) is 24.6. The molecule has 0 aliphatic heterocycles. The molecule has 2 aromatic rings. The molecule has 1 heterocycles. The molecular formula is C17H17FO4S. The van der Waals surface area contributed by atoms with Gasteiger partial charge in [-0.25, -0.2) is 9.18 Å². The molecule has 23 heavy (non-hydrogen) atoms. The SMILES string of the molecule is COCc1c(C(=O)O[C@H]2CCCCC2=O)sc2cccc(F)c12. The van der Waals surface area contributed by atoms with E-state index in [0.717, 1.165) is 12.8 Å². The van der Waals surface area contributed by atoms with Crippen molar-refractivity contribution in [3.05, 3.63) is 34.5 Å². The van der Waals surface area contributed by atoms with Crippen molar-refractivity contribution in [2.45, 2.75) is 38.4 Å². The van der Waals surface area contributed by atoms with Crippen molar-refractivity contribution in [3.8, 4) is 0 Å². The highest BCUT2D eigenvalue weighted by molar-refractivity contribution is 7.21. The number of benzene rings is 1. The Labute approximate surface area is 137 Å². The van der Waals surface area contributed by atoms with Gasteiger partial charge < -0.3 is 9.47 Å². The number of ketones is 1. The van der Waals surface area contributed by atoms with E-state index >= 15 is 0 Å². The van der Waals surface area contributed by atoms with E-state index in [2.05, 4.69) is 0 Å². The van der Waals surface area contributed by atoms with Gasteiger partial charge >= 0.3 is 5.97 Å². The van der Waals surface area contributed by atoms with Crippen LogP contribution in [0.3, 0.4) is 0 Å². The zero-order chi connectivity index (χ0) is 16.4. The molecule has 4 nitrogen and oxygen atoms in total. The summed E-state index contributed by atoms with van der Waals surface area (Å²) < 4.78 is 25.3. The summed E-state index contributed by atoms with van der Waals surface area (Å²) in [5, 5.41) is 0.390. The third-order valence-electron chi connectivity index (χ3n) is 3.99. The first-order chi connectivity index (χ1) is 11.1. The van der Waals surface area contributed by atoms with Gasteiger partial charge in [-0.3, -0.25) is 4.79 Å². The molecule has 1 aromatic carbocycles. The number of halogens is 1. The van der Waals surface area contributed by atoms with E-state index in [4.69, 9.17) is 9.47 Å². The van der Waals surface area contributed by atoms with E-state index in [1.807, 2.05) is 0 Å². The fourth-order valence-electron chi connectivity index (χ4n) is 2.87. The van der Waals surface area contributed by atoms with Crippen molar-refractivity contribution in [1.82, 2.24) is 0 Å². The number of hydrogen-bond acceptors (Lipinski definition) is 5. The first-order valence-corrected chi connectivity index (χ1v) is 8.36. The van der Waals surface area contributed by atoms with Crippen LogP contribution in [0.2, 0.25) is 0 Å². The van der Waals surface area contributed by atoms with Crippen molar-refractivity contribution >= 4 is 33.2 Å². The Kier molecular flexibility index (Phi) is 4.73. The first kappa shape index (κ1) is 16.1. The number of methoxy groups -OCH3 is 1. The summed E-state index contributed by atoms with van der Waals surface area (Å²) >= 11 is 1.17. The van der Waals surface area contributed by atoms with E-state index in [-0.39, 0.29) is 12.4 Å². The smallest absolute Gasteiger partial charge is 0.349 e. The minimum absolute atomic E-state index is 0.0369. The average molecular weight is 336 g/mol. The third kappa shape index (κ3) is 3.14. The van der Waals surface area contributed by atoms with Gasteiger partial charge in [-0.2, -0.15) is 0 Å². The van der Waals surface area contributed by atoms with Crippen molar-refractivity contribution in [2.24, 2.45) is 0 Å². The summed E-state index contributed by atoms with van der Waals surface area (Å²) in [6, 6.07) is 4.71. The second kappa shape index (κ2) is 6.76. The van der Waals surface area contributed by atoms with E-state index in [1.54, 1.807) is 12.1 Å². The summed E-state index contributed by atoms with van der Waals surface area (Å²) in [6.07, 6.45) is 2.04. The highest BCUT2D eigenvalue weighted by Crippen LogP contribution is 2.34. The van der Waals surface area contributed by atoms with E-state index < -0.39 is 17.9 Å². The molecule has 0 unspecified atom stereocenters. The lowest BCUT2D eigenvalue weighted by molar-refractivity contribution is -0.129. The predicted octanol–water partition coefficient (Wildman–Crippen LogP) is 3.86. The zero-order valence-corrected chi connectivity index (χ0v) is 13.6. The molecule has 3 rings (SSSR count). The molecule has 0 bridgehead atoms. The lowest BCUT2D eigenvalue weighted by Gasteiger charge is -2.20. The van der Waals surface area contributed by atoms with Crippen LogP contribution in [0.4, 0.5) is 4.39 Å². The molecule has 1 aliphatic carbocycles. The molecule has 1 aliphatic rings. The highest BCUT2D eigenvalue weighted by atomic mass is 32.1. The van der Waals surface area contributed by atoms with Crippen LogP contribution in [0.1, 0.15) is 40.9 Å². The number of ether oxygens (including phenoxy) is 2. The van der Waals surface area contributed by atoms with Crippen LogP contribution in [-0.2, 0) is 20.9 Å². The van der Waals surface area contributed by atoms with E-state index in [0.29, 0.717) is 33.4 Å². The summed E-state index contributed by atoms with van der Waals surface area (Å²) in [7, 11) is 1.49. The quantitative estimate of drug-likeness (QED) is 0.796. The Morgan fingerprint density at radius 3 is 2.96 bits per heavy atom. The van der Waals surface area contributed by atoms with E-state index in [9.17, 15) is 14.0 Å². The number of carbonyl (C=O) groups is 2. The lowest BCUT2D eigenvalue weighted by atomic mass is 9.96. The van der Waals surface area contributed by atoms with Gasteiger partial charge in [0, 0.05) is 29.2 Å². The third-order valence-corrected chi connectivity index (χ3v) is 5.16. The molecule has 1 saturated carbocycles. The maximum absolute atomic E-state index is 14.1. The van der Waals surface area contributed by atoms with Crippen molar-refractivity contribution in [3.63, 3.8) is 0 Å². The maximum Gasteiger partial charge on any atom is 0.349 e. The molecule has 1 fully saturated rings. The standard InChI is InChI=1S/C17H17FO4S/c1-21-9-10-15-11(18)5-4-8-14(15)23-16(10)17(20)22-13-7-3-2-6-12(13)19/h4-5,8,13H,2-3,6-7,9H2,1H3/t13-/m0/s1. The Hall–Kier alpha value is -1.79. The number of thiophene rings is 1. The maximum atomic E-state index is 14.1. The van der Waals surface area contributed by atoms with Crippen LogP contribution in [0, 0.1) is 5.82 Å². The molecule has 0 N–H and O–H groups in total. The van der Waals surface area contributed by atoms with Crippen LogP contribution < -0.4 is 0 Å². The lowest BCUT2D eigenvalue weighted by Crippen LogP contribution is -2.30. The molecule has 0 radical (unpaired) electrons. The second-order valence-corrected chi connectivity index (χ2v) is 6.61. The van der Waals surface area contributed by atoms with Crippen LogP contribution in [0.25, 0.3) is 10.1 Å². The predicted molar refractivity (Wildman–Crippen MR) is 85.2 cm³/mol. The molecule has 1 atom stereocenters. The Morgan fingerprint density at radius 2 is 2.22 bits per heavy atom. The van der Waals surface area contributed by atoms with Gasteiger partial charge in [0.25, 0.3) is 0 Å². The minimum Gasteiger partial charge on any atom is -0.450 e. The first-order valence-electron chi connectivity index (χ1n) is 7.54. The fourth-order valence-corrected chi connectivity index (χ4v) is 3.98. The number of fused-ring (bicyclic) bond motifs is 1. The number of hydrogen-bond donors (Lipinski definition) is 0. The van der Waals surface area contributed by atoms with Gasteiger partial charge in [-0.1, -0.05) is 6.07 Å². The van der Waals surface area contributed by atoms with Gasteiger partial charge in [-0.05, 0) is 31.4 Å². The van der Waals surface area contributed by atoms with Crippen LogP contribution in [-0.4, -0.2) is 25.0 Å². The molecule has 0 spiro atoms. The van der Waals surface area contributed by atoms with Gasteiger partial charge in [0.05, 0.1) is 6.61 Å². The molecule has 0 amide bonds. The molecule has 6 heteroatoms. The zero-order valence-electron chi connectivity index (χ0n) is 12.8. The summed E-state index contributed by atoms with van der Waals surface area (Å²) in [6.45, 7) is 0.115. The Balaban J connectivity index is 1.94. The van der Waals surface area contributed by atoms with E-state index in [1.165, 1.54) is 24.5 Å². The van der Waals surface area contributed by atoms with Crippen molar-refractivity contribution in [1.29, 1.82) is 0 Å². The topological polar surface area (TPSA) is 52.6 Å². The summed E-state index contributed by atoms with van der Waals surface area (Å²) in [5.41, 5.74) is 0.485. The van der Waals surface area contributed by atoms with Crippen molar-refractivity contribution < 1.29 is 23.5 Å². The Bertz CT molecular complexity index is 752. The molecular weight excluding hydrogens is 319 g/mol. The minimum atomic E-state index is -0.679. The molecule has 122 valence electrons. The van der Waals surface area contributed by atoms with Crippen LogP contribution in [0.5, 0.6) is 0 Å². The average Bonchev–Trinajstić information content (AvgIpc) is 2.90. The number of rotatable bonds is 4. The molecule has 1 aromatic heterocycles. The number of esters is 1. The van der Waals surface area contributed by atoms with Crippen LogP contribution >= 0.6 is 11.3 Å². The van der Waals surface area contributed by atoms with Gasteiger partial charge in [0.2, 0.25) is 0 Å². The van der Waals surface area contributed by atoms with Gasteiger partial charge in [0.15, 0.2) is 11.9 Å². The number of Topliss-reactive ketones (excluding diaryl/α,β-unsaturated/α-hetero) is 1. The van der Waals surface area contributed by atoms with Crippen LogP contribution in [0.15, 0.2) is 18.2 Å². The number of carbonyl (C=O) groups excluding carboxylic acids is 2. The van der Waals surface area contributed by atoms with Gasteiger partial charge in [-0.15, -0.1) is 11.3 Å². The highest BCUT2D eigenvalue weighted by Gasteiger charge is 2.29. The molecule has 0 saturated heterocycles. The summed E-state index contributed by atoms with van der Waals surface area (Å²) in [5.74, 6) is -0.998. The largest absolute Gasteiger partial charge is 0.450 e. The van der Waals surface area contributed by atoms with Gasteiger partial charge in [0.1, 0.15) is 10.7 Å². The van der Waals surface area contributed by atoms with Crippen molar-refractivity contribution in [2.75, 3.05) is 7.11 Å². The fraction of sp³-hybridized carbons (Fsp3) is 0.412. The normalized spacial score (nSPS) is 18.3.